The number of carbonyl (C=O) groups excluding carboxylic acids is 3. The van der Waals surface area contributed by atoms with Gasteiger partial charge in [0.1, 0.15) is 22.8 Å². The third-order valence-corrected chi connectivity index (χ3v) is 7.01. The lowest BCUT2D eigenvalue weighted by Crippen LogP contribution is -2.58. The van der Waals surface area contributed by atoms with Crippen LogP contribution in [0.25, 0.3) is 5.76 Å². The fourth-order valence-electron chi connectivity index (χ4n) is 5.42. The van der Waals surface area contributed by atoms with Crippen LogP contribution in [0.3, 0.4) is 0 Å². The van der Waals surface area contributed by atoms with E-state index in [4.69, 9.17) is 5.73 Å². The molecular formula is C25H30N2O7. The lowest BCUT2D eigenvalue weighted by molar-refractivity contribution is -0.147. The average molecular weight is 471 g/mol. The van der Waals surface area contributed by atoms with E-state index in [9.17, 15) is 34.8 Å². The third-order valence-electron chi connectivity index (χ3n) is 7.01. The fourth-order valence-corrected chi connectivity index (χ4v) is 5.42. The molecule has 34 heavy (non-hydrogen) atoms. The highest BCUT2D eigenvalue weighted by Gasteiger charge is 2.60. The van der Waals surface area contributed by atoms with Crippen molar-refractivity contribution >= 4 is 23.2 Å². The van der Waals surface area contributed by atoms with E-state index in [0.717, 1.165) is 12.1 Å². The van der Waals surface area contributed by atoms with E-state index in [1.165, 1.54) is 6.07 Å². The molecule has 4 rings (SSSR count). The molecule has 3 aliphatic carbocycles. The SMILES string of the molecule is CC(C)(C)CNCc1ccc(O)c2c1CC1CC3CC(=O)C(C(N)=O)=C(O)C3(O)C(=O)C1=C2O. The van der Waals surface area contributed by atoms with Crippen molar-refractivity contribution in [3.8, 4) is 5.75 Å². The van der Waals surface area contributed by atoms with Crippen LogP contribution in [-0.2, 0) is 27.3 Å². The number of amides is 1. The van der Waals surface area contributed by atoms with Gasteiger partial charge in [-0.25, -0.2) is 0 Å². The predicted octanol–water partition coefficient (Wildman–Crippen LogP) is 1.56. The molecule has 9 heteroatoms. The topological polar surface area (TPSA) is 170 Å². The van der Waals surface area contributed by atoms with E-state index in [2.05, 4.69) is 26.1 Å². The lowest BCUT2D eigenvalue weighted by Gasteiger charge is -2.46. The number of nitrogens with one attached hydrogen (secondary N) is 1. The van der Waals surface area contributed by atoms with E-state index < -0.39 is 52.0 Å². The van der Waals surface area contributed by atoms with Crippen molar-refractivity contribution in [2.24, 2.45) is 23.0 Å². The molecule has 1 amide bonds. The first-order valence-corrected chi connectivity index (χ1v) is 11.3. The first-order chi connectivity index (χ1) is 15.8. The summed E-state index contributed by atoms with van der Waals surface area (Å²) in [5, 5.41) is 46.9. The zero-order valence-electron chi connectivity index (χ0n) is 19.4. The van der Waals surface area contributed by atoms with Crippen LogP contribution in [0.2, 0.25) is 0 Å². The highest BCUT2D eigenvalue weighted by molar-refractivity contribution is 6.22. The Morgan fingerprint density at radius 3 is 2.47 bits per heavy atom. The Morgan fingerprint density at radius 2 is 1.85 bits per heavy atom. The van der Waals surface area contributed by atoms with Crippen LogP contribution in [0.1, 0.15) is 50.3 Å². The molecule has 0 bridgehead atoms. The highest BCUT2D eigenvalue weighted by atomic mass is 16.3. The summed E-state index contributed by atoms with van der Waals surface area (Å²) in [6.45, 7) is 7.52. The van der Waals surface area contributed by atoms with Crippen molar-refractivity contribution in [3.05, 3.63) is 45.7 Å². The van der Waals surface area contributed by atoms with Crippen molar-refractivity contribution in [2.45, 2.75) is 52.2 Å². The first kappa shape index (κ1) is 24.0. The van der Waals surface area contributed by atoms with Gasteiger partial charge in [-0.3, -0.25) is 14.4 Å². The van der Waals surface area contributed by atoms with Crippen molar-refractivity contribution < 1.29 is 34.8 Å². The fraction of sp³-hybridized carbons (Fsp3) is 0.480. The summed E-state index contributed by atoms with van der Waals surface area (Å²) in [5.41, 5.74) is 3.44. The number of phenols is 1. The first-order valence-electron chi connectivity index (χ1n) is 11.3. The number of phenolic OH excluding ortho intramolecular Hbond substituents is 1. The van der Waals surface area contributed by atoms with Gasteiger partial charge in [-0.1, -0.05) is 26.8 Å². The molecule has 1 saturated carbocycles. The second kappa shape index (κ2) is 7.95. The summed E-state index contributed by atoms with van der Waals surface area (Å²) >= 11 is 0. The minimum absolute atomic E-state index is 0.0548. The van der Waals surface area contributed by atoms with Gasteiger partial charge in [0.2, 0.25) is 5.78 Å². The molecule has 0 spiro atoms. The van der Waals surface area contributed by atoms with Gasteiger partial charge < -0.3 is 31.5 Å². The minimum atomic E-state index is -2.54. The summed E-state index contributed by atoms with van der Waals surface area (Å²) in [6, 6.07) is 3.21. The Labute approximate surface area is 197 Å². The molecule has 3 unspecified atom stereocenters. The van der Waals surface area contributed by atoms with Crippen LogP contribution in [-0.4, -0.2) is 50.0 Å². The van der Waals surface area contributed by atoms with E-state index in [0.29, 0.717) is 18.5 Å². The zero-order chi connectivity index (χ0) is 25.2. The molecule has 0 aliphatic heterocycles. The standard InChI is InChI=1S/C25H30N2O7/c1-24(2,3)10-27-9-11-4-5-15(28)18-14(11)7-12-6-13-8-16(29)19(23(26)33)22(32)25(13,34)21(31)17(12)20(18)30/h4-5,12-13,27-28,30,32,34H,6-10H2,1-3H3,(H2,26,33). The number of hydrogen-bond donors (Lipinski definition) is 6. The minimum Gasteiger partial charge on any atom is -0.508 e. The molecule has 0 aromatic heterocycles. The highest BCUT2D eigenvalue weighted by Crippen LogP contribution is 2.52. The molecule has 3 aliphatic rings. The van der Waals surface area contributed by atoms with Gasteiger partial charge in [-0.15, -0.1) is 0 Å². The van der Waals surface area contributed by atoms with Crippen LogP contribution in [0.15, 0.2) is 29.0 Å². The Morgan fingerprint density at radius 1 is 1.18 bits per heavy atom. The number of fused-ring (bicyclic) bond motifs is 3. The number of carbonyl (C=O) groups is 3. The van der Waals surface area contributed by atoms with E-state index >= 15 is 0 Å². The monoisotopic (exact) mass is 470 g/mol. The molecule has 1 aromatic carbocycles. The number of primary amides is 1. The van der Waals surface area contributed by atoms with Gasteiger partial charge in [-0.2, -0.15) is 0 Å². The summed E-state index contributed by atoms with van der Waals surface area (Å²) in [6.07, 6.45) is 0.0881. The molecule has 7 N–H and O–H groups in total. The normalized spacial score (nSPS) is 26.8. The van der Waals surface area contributed by atoms with Crippen molar-refractivity contribution in [1.29, 1.82) is 0 Å². The van der Waals surface area contributed by atoms with Crippen LogP contribution in [0, 0.1) is 17.3 Å². The van der Waals surface area contributed by atoms with E-state index in [1.54, 1.807) is 6.07 Å². The number of aromatic hydroxyl groups is 1. The van der Waals surface area contributed by atoms with Crippen molar-refractivity contribution in [1.82, 2.24) is 5.32 Å². The van der Waals surface area contributed by atoms with Crippen molar-refractivity contribution in [2.75, 3.05) is 6.54 Å². The van der Waals surface area contributed by atoms with E-state index in [-0.39, 0.29) is 35.1 Å². The van der Waals surface area contributed by atoms with Crippen LogP contribution < -0.4 is 11.1 Å². The molecule has 182 valence electrons. The molecule has 0 saturated heterocycles. The lowest BCUT2D eigenvalue weighted by atomic mass is 9.59. The number of nitrogens with two attached hydrogens (primary N) is 1. The Balaban J connectivity index is 1.80. The van der Waals surface area contributed by atoms with Gasteiger partial charge in [0.25, 0.3) is 5.91 Å². The molecule has 0 heterocycles. The molecule has 1 aromatic rings. The molecule has 1 fully saturated rings. The van der Waals surface area contributed by atoms with Crippen LogP contribution >= 0.6 is 0 Å². The number of rotatable bonds is 4. The maximum atomic E-state index is 13.5. The van der Waals surface area contributed by atoms with E-state index in [1.807, 2.05) is 0 Å². The predicted molar refractivity (Wildman–Crippen MR) is 123 cm³/mol. The third kappa shape index (κ3) is 3.59. The average Bonchev–Trinajstić information content (AvgIpc) is 2.71. The van der Waals surface area contributed by atoms with Gasteiger partial charge in [0, 0.05) is 31.0 Å². The number of Topliss-reactive ketones (excluding diaryl/α,β-unsaturated/α-hetero) is 2. The van der Waals surface area contributed by atoms with Gasteiger partial charge in [0.15, 0.2) is 11.4 Å². The molecule has 9 nitrogen and oxygen atoms in total. The molecule has 0 radical (unpaired) electrons. The smallest absolute Gasteiger partial charge is 0.255 e. The Bertz CT molecular complexity index is 1170. The van der Waals surface area contributed by atoms with Crippen LogP contribution in [0.4, 0.5) is 0 Å². The summed E-state index contributed by atoms with van der Waals surface area (Å²) in [5.74, 6) is -6.22. The quantitative estimate of drug-likeness (QED) is 0.360. The number of hydrogen-bond acceptors (Lipinski definition) is 8. The van der Waals surface area contributed by atoms with Gasteiger partial charge in [0.05, 0.1) is 5.56 Å². The number of aliphatic hydroxyl groups is 3. The molecular weight excluding hydrogens is 440 g/mol. The zero-order valence-corrected chi connectivity index (χ0v) is 19.4. The number of aliphatic hydroxyl groups excluding tert-OH is 2. The van der Waals surface area contributed by atoms with Gasteiger partial charge in [-0.05, 0) is 41.4 Å². The second-order valence-corrected chi connectivity index (χ2v) is 10.7. The summed E-state index contributed by atoms with van der Waals surface area (Å²) in [4.78, 5) is 37.6. The van der Waals surface area contributed by atoms with Gasteiger partial charge >= 0.3 is 0 Å². The Hall–Kier alpha value is -3.17. The summed E-state index contributed by atoms with van der Waals surface area (Å²) in [7, 11) is 0. The largest absolute Gasteiger partial charge is 0.508 e. The number of benzene rings is 1. The second-order valence-electron chi connectivity index (χ2n) is 10.7. The maximum Gasteiger partial charge on any atom is 0.255 e. The van der Waals surface area contributed by atoms with Crippen LogP contribution in [0.5, 0.6) is 5.75 Å². The number of ketones is 2. The maximum absolute atomic E-state index is 13.5. The Kier molecular flexibility index (Phi) is 5.61. The summed E-state index contributed by atoms with van der Waals surface area (Å²) < 4.78 is 0. The van der Waals surface area contributed by atoms with Crippen molar-refractivity contribution in [3.63, 3.8) is 0 Å². The molecule has 3 atom stereocenters.